The number of amides is 1. The zero-order valence-corrected chi connectivity index (χ0v) is 19.5. The van der Waals surface area contributed by atoms with Crippen LogP contribution in [0.1, 0.15) is 48.5 Å². The molecule has 1 aliphatic carbocycles. The molecule has 0 saturated heterocycles. The van der Waals surface area contributed by atoms with Crippen LogP contribution in [0.4, 0.5) is 0 Å². The molecule has 8 heteroatoms. The number of carboxylic acids is 1. The molecule has 1 saturated carbocycles. The summed E-state index contributed by atoms with van der Waals surface area (Å²) in [6, 6.07) is 11.3. The Labute approximate surface area is 198 Å². The van der Waals surface area contributed by atoms with Gasteiger partial charge in [0.2, 0.25) is 5.75 Å². The van der Waals surface area contributed by atoms with Crippen molar-refractivity contribution in [1.29, 1.82) is 5.26 Å². The first-order valence-corrected chi connectivity index (χ1v) is 11.4. The number of carbonyl (C=O) groups excluding carboxylic acids is 1. The molecule has 4 rings (SSSR count). The maximum Gasteiger partial charge on any atom is 0.313 e. The van der Waals surface area contributed by atoms with E-state index < -0.39 is 23.4 Å². The number of aliphatic carboxylic acids is 1. The van der Waals surface area contributed by atoms with Crippen molar-refractivity contribution >= 4 is 11.9 Å². The Hall–Kier alpha value is -3.73. The van der Waals surface area contributed by atoms with E-state index in [1.807, 2.05) is 25.1 Å². The lowest BCUT2D eigenvalue weighted by Gasteiger charge is -2.45. The Bertz CT molecular complexity index is 1160. The molecule has 0 aromatic heterocycles. The highest BCUT2D eigenvalue weighted by Crippen LogP contribution is 2.52. The zero-order valence-electron chi connectivity index (χ0n) is 19.5. The van der Waals surface area contributed by atoms with E-state index in [0.717, 1.165) is 17.5 Å². The van der Waals surface area contributed by atoms with Gasteiger partial charge in [0.1, 0.15) is 11.5 Å². The Morgan fingerprint density at radius 2 is 1.91 bits per heavy atom. The number of carboxylic acid groups (broad SMARTS) is 1. The average molecular weight is 465 g/mol. The van der Waals surface area contributed by atoms with Gasteiger partial charge in [-0.2, -0.15) is 5.26 Å². The van der Waals surface area contributed by atoms with Crippen LogP contribution in [0.3, 0.4) is 0 Å². The molecule has 2 aromatic carbocycles. The van der Waals surface area contributed by atoms with Crippen LogP contribution in [-0.4, -0.2) is 37.3 Å². The van der Waals surface area contributed by atoms with Crippen molar-refractivity contribution in [1.82, 2.24) is 5.32 Å². The standard InChI is InChI=1S/C26H28N2O6/c1-4-15(13-27)23(26(25(30)31)10-5-11-26)34-21-18(8-9-20(32-2)22(21)33-3)16-6-7-19-17(12-16)14-28-24(19)29/h6-9,12,15,23H,4-5,10-11,14H2,1-3H3,(H,28,29)(H,30,31). The summed E-state index contributed by atoms with van der Waals surface area (Å²) >= 11 is 0. The van der Waals surface area contributed by atoms with Gasteiger partial charge in [0.25, 0.3) is 5.91 Å². The number of nitriles is 1. The lowest BCUT2D eigenvalue weighted by molar-refractivity contribution is -0.166. The normalized spacial score (nSPS) is 17.4. The summed E-state index contributed by atoms with van der Waals surface area (Å²) in [5, 5.41) is 22.8. The van der Waals surface area contributed by atoms with E-state index in [2.05, 4.69) is 11.4 Å². The van der Waals surface area contributed by atoms with Crippen molar-refractivity contribution in [3.8, 4) is 34.4 Å². The number of benzene rings is 2. The molecule has 34 heavy (non-hydrogen) atoms. The summed E-state index contributed by atoms with van der Waals surface area (Å²) < 4.78 is 17.7. The first kappa shape index (κ1) is 23.4. The SMILES string of the molecule is CCC(C#N)C(Oc1c(-c2ccc3c(c2)CNC3=O)ccc(OC)c1OC)C1(C(=O)O)CCC1. The van der Waals surface area contributed by atoms with Gasteiger partial charge in [-0.25, -0.2) is 0 Å². The van der Waals surface area contributed by atoms with Crippen LogP contribution in [-0.2, 0) is 11.3 Å². The maximum absolute atomic E-state index is 12.4. The Morgan fingerprint density at radius 3 is 2.47 bits per heavy atom. The van der Waals surface area contributed by atoms with Crippen LogP contribution in [0.25, 0.3) is 11.1 Å². The predicted molar refractivity (Wildman–Crippen MR) is 124 cm³/mol. The molecule has 2 N–H and O–H groups in total. The highest BCUT2D eigenvalue weighted by molar-refractivity contribution is 5.99. The second-order valence-electron chi connectivity index (χ2n) is 8.73. The fraction of sp³-hybridized carbons (Fsp3) is 0.423. The number of nitrogens with one attached hydrogen (secondary N) is 1. The summed E-state index contributed by atoms with van der Waals surface area (Å²) in [7, 11) is 3.01. The molecule has 1 aliphatic heterocycles. The van der Waals surface area contributed by atoms with Gasteiger partial charge in [0, 0.05) is 17.7 Å². The molecule has 1 heterocycles. The highest BCUT2D eigenvalue weighted by atomic mass is 16.5. The molecule has 0 bridgehead atoms. The van der Waals surface area contributed by atoms with Crippen LogP contribution in [0.15, 0.2) is 30.3 Å². The van der Waals surface area contributed by atoms with Crippen molar-refractivity contribution in [2.75, 3.05) is 14.2 Å². The first-order chi connectivity index (χ1) is 16.4. The second-order valence-corrected chi connectivity index (χ2v) is 8.73. The van der Waals surface area contributed by atoms with E-state index in [1.165, 1.54) is 14.2 Å². The van der Waals surface area contributed by atoms with Gasteiger partial charge in [0.05, 0.1) is 26.2 Å². The van der Waals surface area contributed by atoms with Crippen LogP contribution < -0.4 is 19.5 Å². The third kappa shape index (κ3) is 3.71. The van der Waals surface area contributed by atoms with Gasteiger partial charge in [-0.05, 0) is 54.7 Å². The maximum atomic E-state index is 12.4. The minimum absolute atomic E-state index is 0.112. The number of ether oxygens (including phenoxy) is 3. The van der Waals surface area contributed by atoms with Gasteiger partial charge in [-0.3, -0.25) is 9.59 Å². The highest BCUT2D eigenvalue weighted by Gasteiger charge is 2.55. The minimum Gasteiger partial charge on any atom is -0.493 e. The molecule has 2 atom stereocenters. The van der Waals surface area contributed by atoms with Gasteiger partial charge in [-0.1, -0.05) is 19.4 Å². The molecule has 1 fully saturated rings. The van der Waals surface area contributed by atoms with E-state index in [4.69, 9.17) is 14.2 Å². The topological polar surface area (TPSA) is 118 Å². The van der Waals surface area contributed by atoms with Crippen LogP contribution in [0.5, 0.6) is 17.2 Å². The Morgan fingerprint density at radius 1 is 1.18 bits per heavy atom. The van der Waals surface area contributed by atoms with Crippen LogP contribution >= 0.6 is 0 Å². The predicted octanol–water partition coefficient (Wildman–Crippen LogP) is 4.17. The van der Waals surface area contributed by atoms with Crippen LogP contribution in [0.2, 0.25) is 0 Å². The summed E-state index contributed by atoms with van der Waals surface area (Å²) in [6.07, 6.45) is 1.23. The molecule has 2 aliphatic rings. The quantitative estimate of drug-likeness (QED) is 0.572. The van der Waals surface area contributed by atoms with Crippen molar-refractivity contribution in [2.45, 2.75) is 45.3 Å². The van der Waals surface area contributed by atoms with Gasteiger partial charge >= 0.3 is 5.97 Å². The fourth-order valence-electron chi connectivity index (χ4n) is 4.90. The number of hydrogen-bond donors (Lipinski definition) is 2. The molecule has 0 spiro atoms. The summed E-state index contributed by atoms with van der Waals surface area (Å²) in [6.45, 7) is 2.29. The van der Waals surface area contributed by atoms with E-state index in [-0.39, 0.29) is 5.91 Å². The van der Waals surface area contributed by atoms with Gasteiger partial charge in [-0.15, -0.1) is 0 Å². The minimum atomic E-state index is -1.14. The van der Waals surface area contributed by atoms with E-state index in [0.29, 0.717) is 54.2 Å². The summed E-state index contributed by atoms with van der Waals surface area (Å²) in [4.78, 5) is 24.4. The smallest absolute Gasteiger partial charge is 0.313 e. The molecule has 1 amide bonds. The third-order valence-corrected chi connectivity index (χ3v) is 7.03. The number of methoxy groups -OCH3 is 2. The lowest BCUT2D eigenvalue weighted by Crippen LogP contribution is -2.53. The van der Waals surface area contributed by atoms with Crippen molar-refractivity contribution in [3.63, 3.8) is 0 Å². The average Bonchev–Trinajstić information content (AvgIpc) is 3.18. The Kier molecular flexibility index (Phi) is 6.38. The van der Waals surface area contributed by atoms with E-state index in [1.54, 1.807) is 12.1 Å². The summed E-state index contributed by atoms with van der Waals surface area (Å²) in [5.41, 5.74) is 1.80. The third-order valence-electron chi connectivity index (χ3n) is 7.03. The van der Waals surface area contributed by atoms with E-state index >= 15 is 0 Å². The van der Waals surface area contributed by atoms with Crippen molar-refractivity contribution in [3.05, 3.63) is 41.5 Å². The number of rotatable bonds is 9. The molecule has 0 radical (unpaired) electrons. The zero-order chi connectivity index (χ0) is 24.5. The molecular formula is C26H28N2O6. The first-order valence-electron chi connectivity index (χ1n) is 11.4. The summed E-state index contributed by atoms with van der Waals surface area (Å²) in [5.74, 6) is -0.609. The Balaban J connectivity index is 1.88. The monoisotopic (exact) mass is 464 g/mol. The molecular weight excluding hydrogens is 436 g/mol. The number of hydrogen-bond acceptors (Lipinski definition) is 6. The molecule has 178 valence electrons. The van der Waals surface area contributed by atoms with Crippen molar-refractivity contribution < 1.29 is 28.9 Å². The molecule has 2 unspecified atom stereocenters. The van der Waals surface area contributed by atoms with Gasteiger partial charge in [0.15, 0.2) is 11.5 Å². The number of fused-ring (bicyclic) bond motifs is 1. The lowest BCUT2D eigenvalue weighted by atomic mass is 9.62. The number of nitrogens with zero attached hydrogens (tertiary/aromatic N) is 1. The van der Waals surface area contributed by atoms with E-state index in [9.17, 15) is 20.0 Å². The van der Waals surface area contributed by atoms with Gasteiger partial charge < -0.3 is 24.6 Å². The fourth-order valence-corrected chi connectivity index (χ4v) is 4.90. The van der Waals surface area contributed by atoms with Crippen molar-refractivity contribution in [2.24, 2.45) is 11.3 Å². The second kappa shape index (κ2) is 9.26. The molecule has 2 aromatic rings. The molecule has 8 nitrogen and oxygen atoms in total. The largest absolute Gasteiger partial charge is 0.493 e. The number of carbonyl (C=O) groups is 2. The van der Waals surface area contributed by atoms with Crippen LogP contribution in [0, 0.1) is 22.7 Å².